The number of carbonyl (C=O) groups is 2. The normalized spacial score (nSPS) is 21.5. The van der Waals surface area contributed by atoms with Gasteiger partial charge in [-0.25, -0.2) is 22.8 Å². The molecule has 2 bridgehead atoms. The van der Waals surface area contributed by atoms with Gasteiger partial charge in [-0.3, -0.25) is 10.2 Å². The molecule has 2 aromatic heterocycles. The molecule has 5 heterocycles. The molecule has 0 spiro atoms. The Kier molecular flexibility index (Phi) is 9.20. The minimum Gasteiger partial charge on any atom is -0.465 e. The van der Waals surface area contributed by atoms with Crippen LogP contribution in [0.1, 0.15) is 51.2 Å². The molecule has 286 valence electrons. The minimum atomic E-state index is -5.23. The fraction of sp³-hybridized carbons (Fsp3) is 0.457. The second kappa shape index (κ2) is 13.3. The van der Waals surface area contributed by atoms with E-state index in [-0.39, 0.29) is 48.2 Å². The van der Waals surface area contributed by atoms with E-state index in [2.05, 4.69) is 15.3 Å². The Morgan fingerprint density at radius 1 is 1.17 bits per heavy atom. The number of nitrogens with zero attached hydrogens (tertiary/aromatic N) is 5. The Balaban J connectivity index is 1.44. The summed E-state index contributed by atoms with van der Waals surface area (Å²) in [7, 11) is 0. The van der Waals surface area contributed by atoms with Crippen molar-refractivity contribution >= 4 is 55.3 Å². The lowest BCUT2D eigenvalue weighted by Crippen LogP contribution is -2.55. The molecule has 12 nitrogen and oxygen atoms in total. The van der Waals surface area contributed by atoms with Gasteiger partial charge >= 0.3 is 24.4 Å². The van der Waals surface area contributed by atoms with E-state index in [1.807, 2.05) is 0 Å². The number of nitriles is 1. The largest absolute Gasteiger partial charge is 0.465 e. The van der Waals surface area contributed by atoms with Gasteiger partial charge in [0.15, 0.2) is 11.5 Å². The molecule has 0 saturated carbocycles. The molecular weight excluding hydrogens is 746 g/mol. The van der Waals surface area contributed by atoms with E-state index in [9.17, 15) is 20.0 Å². The van der Waals surface area contributed by atoms with Gasteiger partial charge in [0, 0.05) is 42.5 Å². The molecule has 2 N–H and O–H groups in total. The number of carboxylic acid groups (broad SMARTS) is 1. The van der Waals surface area contributed by atoms with Gasteiger partial charge in [0.25, 0.3) is 0 Å². The number of halogens is 6. The van der Waals surface area contributed by atoms with Crippen LogP contribution in [-0.2, 0) is 15.7 Å². The van der Waals surface area contributed by atoms with Crippen LogP contribution < -0.4 is 15.0 Å². The number of rotatable bonds is 6. The molecule has 3 aliphatic rings. The van der Waals surface area contributed by atoms with Crippen LogP contribution in [0.3, 0.4) is 0 Å². The summed E-state index contributed by atoms with van der Waals surface area (Å²) in [5, 5.41) is 21.3. The molecule has 54 heavy (non-hydrogen) atoms. The number of amides is 2. The van der Waals surface area contributed by atoms with E-state index in [1.54, 1.807) is 31.7 Å². The number of aromatic nitrogens is 2. The third-order valence-electron chi connectivity index (χ3n) is 9.50. The summed E-state index contributed by atoms with van der Waals surface area (Å²) in [4.78, 5) is 35.9. The van der Waals surface area contributed by atoms with Crippen molar-refractivity contribution in [3.8, 4) is 23.2 Å². The molecule has 0 radical (unpaired) electrons. The molecule has 7 rings (SSSR count). The monoisotopic (exact) mass is 778 g/mol. The maximum absolute atomic E-state index is 17.2. The molecule has 19 heteroatoms. The van der Waals surface area contributed by atoms with Crippen LogP contribution in [0, 0.1) is 23.0 Å². The van der Waals surface area contributed by atoms with Crippen LogP contribution in [0.5, 0.6) is 6.01 Å². The highest BCUT2D eigenvalue weighted by Crippen LogP contribution is 2.49. The average Bonchev–Trinajstić information content (AvgIpc) is 3.76. The summed E-state index contributed by atoms with van der Waals surface area (Å²) in [5.74, 6) is -2.66. The number of hydrogen-bond donors (Lipinski definition) is 2. The van der Waals surface area contributed by atoms with Crippen molar-refractivity contribution in [3.63, 3.8) is 0 Å². The average molecular weight is 779 g/mol. The number of benzene rings is 2. The van der Waals surface area contributed by atoms with E-state index in [0.717, 1.165) is 12.1 Å². The van der Waals surface area contributed by atoms with Crippen molar-refractivity contribution in [1.82, 2.24) is 14.9 Å². The number of thiophene rings is 1. The number of anilines is 2. The summed E-state index contributed by atoms with van der Waals surface area (Å²) in [6.07, 6.45) is -6.47. The molecule has 4 aromatic rings. The van der Waals surface area contributed by atoms with E-state index < -0.39 is 105 Å². The highest BCUT2D eigenvalue weighted by atomic mass is 32.1. The molecule has 2 aromatic carbocycles. The van der Waals surface area contributed by atoms with Gasteiger partial charge in [-0.2, -0.15) is 28.4 Å². The maximum Gasteiger partial charge on any atom is 0.417 e. The fourth-order valence-corrected chi connectivity index (χ4v) is 8.30. The zero-order chi connectivity index (χ0) is 38.9. The first kappa shape index (κ1) is 37.2. The zero-order valence-corrected chi connectivity index (χ0v) is 29.8. The summed E-state index contributed by atoms with van der Waals surface area (Å²) in [6.45, 7) is 3.95. The Bertz CT molecular complexity index is 2220. The maximum atomic E-state index is 17.2. The fourth-order valence-electron chi connectivity index (χ4n) is 7.23. The number of alkyl halides is 4. The SMILES string of the molecule is CC(C)(C)OC(=O)Nc1sc2c(F)ccc(-c3c(C(F)(F)F)cc4c(N5CC6CCC(C5)N6C(=O)O)nc(OCC5(F)CCOC5)nc4c3F)c2c1C#N. The first-order chi connectivity index (χ1) is 25.4. The van der Waals surface area contributed by atoms with Crippen molar-refractivity contribution in [2.45, 2.75) is 69.6 Å². The summed E-state index contributed by atoms with van der Waals surface area (Å²) < 4.78 is 109. The molecule has 3 saturated heterocycles. The number of nitrogens with one attached hydrogen (secondary N) is 1. The van der Waals surface area contributed by atoms with E-state index in [0.29, 0.717) is 30.2 Å². The Morgan fingerprint density at radius 3 is 2.46 bits per heavy atom. The number of piperazine rings is 1. The van der Waals surface area contributed by atoms with Gasteiger partial charge in [0.1, 0.15) is 40.4 Å². The van der Waals surface area contributed by atoms with Gasteiger partial charge in [0.2, 0.25) is 0 Å². The Morgan fingerprint density at radius 2 is 1.87 bits per heavy atom. The lowest BCUT2D eigenvalue weighted by molar-refractivity contribution is -0.137. The number of carbonyl (C=O) groups excluding carboxylic acids is 1. The second-order valence-electron chi connectivity index (χ2n) is 14.4. The van der Waals surface area contributed by atoms with Gasteiger partial charge in [0.05, 0.1) is 34.5 Å². The van der Waals surface area contributed by atoms with E-state index in [1.165, 1.54) is 4.90 Å². The van der Waals surface area contributed by atoms with E-state index in [4.69, 9.17) is 14.2 Å². The number of hydrogen-bond acceptors (Lipinski definition) is 10. The Labute approximate surface area is 307 Å². The molecule has 3 atom stereocenters. The van der Waals surface area contributed by atoms with Crippen molar-refractivity contribution in [3.05, 3.63) is 41.0 Å². The number of ether oxygens (including phenoxy) is 3. The first-order valence-electron chi connectivity index (χ1n) is 16.8. The number of fused-ring (bicyclic) bond motifs is 4. The van der Waals surface area contributed by atoms with Crippen LogP contribution in [0.4, 0.5) is 46.8 Å². The molecule has 3 unspecified atom stereocenters. The minimum absolute atomic E-state index is 0.00636. The van der Waals surface area contributed by atoms with Crippen LogP contribution in [0.15, 0.2) is 18.2 Å². The standard InChI is InChI=1S/C35H32F6N6O6S/c1-33(2,3)53-31(48)45-29-20(11-42)23-18(6-7-22(36)27(23)54-29)24-21(35(39,40)41)10-19-26(25(24)37)43-30(52-15-34(38)8-9-51-14-34)44-28(19)46-12-16-4-5-17(13-46)47(16)32(49)50/h6-7,10,16-17H,4-5,8-9,12-15H2,1-3H3,(H,45,48)(H,49,50). The molecule has 0 aliphatic carbocycles. The molecule has 3 aliphatic heterocycles. The van der Waals surface area contributed by atoms with Gasteiger partial charge in [-0.05, 0) is 51.3 Å². The van der Waals surface area contributed by atoms with Crippen molar-refractivity contribution in [1.29, 1.82) is 5.26 Å². The van der Waals surface area contributed by atoms with Gasteiger partial charge in [-0.15, -0.1) is 11.3 Å². The second-order valence-corrected chi connectivity index (χ2v) is 15.4. The summed E-state index contributed by atoms with van der Waals surface area (Å²) in [6, 6.07) is 2.53. The highest BCUT2D eigenvalue weighted by molar-refractivity contribution is 7.23. The zero-order valence-electron chi connectivity index (χ0n) is 28.9. The third-order valence-corrected chi connectivity index (χ3v) is 10.6. The topological polar surface area (TPSA) is 150 Å². The molecule has 2 amide bonds. The highest BCUT2D eigenvalue weighted by Gasteiger charge is 2.45. The lowest BCUT2D eigenvalue weighted by Gasteiger charge is -2.40. The first-order valence-corrected chi connectivity index (χ1v) is 17.6. The summed E-state index contributed by atoms with van der Waals surface area (Å²) >= 11 is 0.554. The molecular formula is C35H32F6N6O6S. The molecule has 3 fully saturated rings. The Hall–Kier alpha value is -5.09. The van der Waals surface area contributed by atoms with Crippen LogP contribution in [0.2, 0.25) is 0 Å². The lowest BCUT2D eigenvalue weighted by atomic mass is 9.92. The van der Waals surface area contributed by atoms with Crippen LogP contribution in [0.25, 0.3) is 32.1 Å². The van der Waals surface area contributed by atoms with E-state index >= 15 is 26.3 Å². The third kappa shape index (κ3) is 6.76. The van der Waals surface area contributed by atoms with Crippen molar-refractivity contribution in [2.75, 3.05) is 43.1 Å². The van der Waals surface area contributed by atoms with Crippen LogP contribution >= 0.6 is 11.3 Å². The smallest absolute Gasteiger partial charge is 0.417 e. The predicted molar refractivity (Wildman–Crippen MR) is 184 cm³/mol. The quantitative estimate of drug-likeness (QED) is 0.185. The van der Waals surface area contributed by atoms with Crippen molar-refractivity contribution < 1.29 is 55.2 Å². The van der Waals surface area contributed by atoms with Gasteiger partial charge < -0.3 is 24.2 Å². The van der Waals surface area contributed by atoms with Crippen molar-refractivity contribution in [2.24, 2.45) is 0 Å². The summed E-state index contributed by atoms with van der Waals surface area (Å²) in [5.41, 5.74) is -7.10. The van der Waals surface area contributed by atoms with Gasteiger partial charge in [-0.1, -0.05) is 6.07 Å². The predicted octanol–water partition coefficient (Wildman–Crippen LogP) is 7.87. The van der Waals surface area contributed by atoms with Crippen LogP contribution in [-0.4, -0.2) is 88.4 Å².